The van der Waals surface area contributed by atoms with Gasteiger partial charge in [0.2, 0.25) is 0 Å². The van der Waals surface area contributed by atoms with Crippen LogP contribution in [-0.4, -0.2) is 26.6 Å². The summed E-state index contributed by atoms with van der Waals surface area (Å²) in [5, 5.41) is 14.6. The van der Waals surface area contributed by atoms with Gasteiger partial charge in [-0.2, -0.15) is 4.68 Å². The Morgan fingerprint density at radius 2 is 1.75 bits per heavy atom. The van der Waals surface area contributed by atoms with Crippen molar-refractivity contribution in [1.82, 2.24) is 9.78 Å². The number of aryl methyl sites for hydroxylation is 1. The molecule has 0 aliphatic carbocycles. The van der Waals surface area contributed by atoms with Crippen LogP contribution in [0.5, 0.6) is 5.75 Å². The lowest BCUT2D eigenvalue weighted by Gasteiger charge is -2.24. The fourth-order valence-electron chi connectivity index (χ4n) is 3.74. The molecule has 0 aliphatic rings. The van der Waals surface area contributed by atoms with Gasteiger partial charge in [0.15, 0.2) is 17.4 Å². The average Bonchev–Trinajstić information content (AvgIpc) is 3.25. The molecule has 0 atom stereocenters. The summed E-state index contributed by atoms with van der Waals surface area (Å²) in [5.41, 5.74) is 2.42. The van der Waals surface area contributed by atoms with Gasteiger partial charge in [-0.1, -0.05) is 36.4 Å². The van der Waals surface area contributed by atoms with Crippen LogP contribution in [0.1, 0.15) is 31.9 Å². The van der Waals surface area contributed by atoms with Gasteiger partial charge >= 0.3 is 6.09 Å². The number of halogens is 2. The molecule has 0 saturated heterocycles. The topological polar surface area (TPSA) is 67.6 Å². The summed E-state index contributed by atoms with van der Waals surface area (Å²) in [5.74, 6) is -1.29. The van der Waals surface area contributed by atoms with Gasteiger partial charge in [-0.25, -0.2) is 13.6 Å². The number of carbonyl (C=O) groups excluding carboxylic acids is 1. The van der Waals surface area contributed by atoms with E-state index in [0.717, 1.165) is 17.2 Å². The van der Waals surface area contributed by atoms with Crippen molar-refractivity contribution in [3.8, 4) is 17.0 Å². The number of phenolic OH excluding ortho intramolecular Hbond substituents is 1. The summed E-state index contributed by atoms with van der Waals surface area (Å²) in [6.45, 7) is 7.30. The summed E-state index contributed by atoms with van der Waals surface area (Å²) < 4.78 is 34.4. The first-order chi connectivity index (χ1) is 17.0. The van der Waals surface area contributed by atoms with Crippen LogP contribution < -0.4 is 4.90 Å². The van der Waals surface area contributed by atoms with Gasteiger partial charge in [0.05, 0.1) is 5.69 Å². The van der Waals surface area contributed by atoms with Crippen molar-refractivity contribution in [3.05, 3.63) is 95.6 Å². The highest BCUT2D eigenvalue weighted by Gasteiger charge is 2.25. The van der Waals surface area contributed by atoms with E-state index in [1.807, 2.05) is 30.3 Å². The summed E-state index contributed by atoms with van der Waals surface area (Å²) in [7, 11) is 0. The molecule has 8 heteroatoms. The second kappa shape index (κ2) is 9.81. The molecule has 1 aromatic heterocycles. The third kappa shape index (κ3) is 5.54. The highest BCUT2D eigenvalue weighted by molar-refractivity contribution is 5.80. The fourth-order valence-corrected chi connectivity index (χ4v) is 3.74. The first-order valence-corrected chi connectivity index (χ1v) is 11.4. The monoisotopic (exact) mass is 491 g/mol. The molecule has 1 heterocycles. The lowest BCUT2D eigenvalue weighted by Crippen LogP contribution is -2.28. The quantitative estimate of drug-likeness (QED) is 0.327. The number of aromatic hydroxyl groups is 1. The van der Waals surface area contributed by atoms with Crippen molar-refractivity contribution in [1.29, 1.82) is 0 Å². The number of hydrogen-bond donors (Lipinski definition) is 1. The van der Waals surface area contributed by atoms with Gasteiger partial charge in [-0.3, -0.25) is 0 Å². The van der Waals surface area contributed by atoms with E-state index >= 15 is 0 Å². The minimum Gasteiger partial charge on any atom is -0.505 e. The maximum absolute atomic E-state index is 13.9. The summed E-state index contributed by atoms with van der Waals surface area (Å²) >= 11 is 0. The van der Waals surface area contributed by atoms with Crippen LogP contribution in [0.25, 0.3) is 11.3 Å². The number of aromatic nitrogens is 2. The van der Waals surface area contributed by atoms with Crippen LogP contribution in [-0.2, 0) is 11.3 Å². The number of benzene rings is 3. The molecule has 4 aromatic rings. The minimum atomic E-state index is -0.763. The van der Waals surface area contributed by atoms with E-state index < -0.39 is 23.3 Å². The molecule has 1 N–H and O–H groups in total. The third-order valence-electron chi connectivity index (χ3n) is 5.48. The van der Waals surface area contributed by atoms with Crippen molar-refractivity contribution in [3.63, 3.8) is 0 Å². The lowest BCUT2D eigenvalue weighted by molar-refractivity contribution is 0.0518. The number of rotatable bonds is 5. The van der Waals surface area contributed by atoms with Gasteiger partial charge in [0, 0.05) is 29.9 Å². The van der Waals surface area contributed by atoms with E-state index in [1.165, 1.54) is 28.9 Å². The van der Waals surface area contributed by atoms with Crippen LogP contribution in [0.3, 0.4) is 0 Å². The van der Waals surface area contributed by atoms with E-state index in [2.05, 4.69) is 5.10 Å². The zero-order chi connectivity index (χ0) is 26.0. The Hall–Kier alpha value is -4.20. The average molecular weight is 492 g/mol. The molecule has 186 valence electrons. The molecular formula is C28H27F2N3O3. The second-order valence-corrected chi connectivity index (χ2v) is 9.44. The third-order valence-corrected chi connectivity index (χ3v) is 5.48. The highest BCUT2D eigenvalue weighted by Crippen LogP contribution is 2.34. The first-order valence-electron chi connectivity index (χ1n) is 11.4. The van der Waals surface area contributed by atoms with Crippen LogP contribution in [0.2, 0.25) is 0 Å². The molecule has 6 nitrogen and oxygen atoms in total. The summed E-state index contributed by atoms with van der Waals surface area (Å²) in [6.07, 6.45) is -0.660. The normalized spacial score (nSPS) is 11.4. The van der Waals surface area contributed by atoms with E-state index in [1.54, 1.807) is 44.7 Å². The number of ether oxygens (including phenoxy) is 1. The second-order valence-electron chi connectivity index (χ2n) is 9.44. The Morgan fingerprint density at radius 3 is 2.39 bits per heavy atom. The maximum atomic E-state index is 13.9. The van der Waals surface area contributed by atoms with Crippen molar-refractivity contribution >= 4 is 17.6 Å². The molecule has 0 amide bonds. The van der Waals surface area contributed by atoms with Gasteiger partial charge < -0.3 is 14.7 Å². The van der Waals surface area contributed by atoms with Crippen molar-refractivity contribution in [2.24, 2.45) is 0 Å². The molecule has 0 saturated carbocycles. The molecule has 0 bridgehead atoms. The predicted molar refractivity (Wildman–Crippen MR) is 134 cm³/mol. The standard InChI is InChI=1S/C28H27F2N3O3/c1-18-14-21(29)11-10-20(18)17-32(22-12-13-23(30)25(34)15-22)26-16-24(19-8-6-5-7-9-19)33(31-26)27(35)36-28(2,3)4/h5-16,34H,17H2,1-4H3. The number of anilines is 2. The Labute approximate surface area is 208 Å². The van der Waals surface area contributed by atoms with Crippen LogP contribution in [0.4, 0.5) is 25.1 Å². The molecule has 0 aliphatic heterocycles. The van der Waals surface area contributed by atoms with Crippen molar-refractivity contribution in [2.75, 3.05) is 4.90 Å². The maximum Gasteiger partial charge on any atom is 0.435 e. The molecule has 0 radical (unpaired) electrons. The Morgan fingerprint density at radius 1 is 1.03 bits per heavy atom. The molecule has 0 unspecified atom stereocenters. The van der Waals surface area contributed by atoms with Crippen LogP contribution in [0.15, 0.2) is 72.8 Å². The zero-order valence-electron chi connectivity index (χ0n) is 20.5. The largest absolute Gasteiger partial charge is 0.505 e. The Balaban J connectivity index is 1.87. The Kier molecular flexibility index (Phi) is 6.79. The predicted octanol–water partition coefficient (Wildman–Crippen LogP) is 6.96. The highest BCUT2D eigenvalue weighted by atomic mass is 19.1. The van der Waals surface area contributed by atoms with Gasteiger partial charge in [-0.15, -0.1) is 5.10 Å². The molecular weight excluding hydrogens is 464 g/mol. The smallest absolute Gasteiger partial charge is 0.435 e. The molecule has 0 spiro atoms. The first kappa shape index (κ1) is 24.9. The molecule has 0 fully saturated rings. The van der Waals surface area contributed by atoms with E-state index in [4.69, 9.17) is 4.74 Å². The van der Waals surface area contributed by atoms with E-state index in [0.29, 0.717) is 22.8 Å². The van der Waals surface area contributed by atoms with Crippen molar-refractivity contribution < 1.29 is 23.4 Å². The molecule has 4 rings (SSSR count). The number of hydrogen-bond acceptors (Lipinski definition) is 5. The van der Waals surface area contributed by atoms with Crippen molar-refractivity contribution in [2.45, 2.75) is 39.8 Å². The number of nitrogens with zero attached hydrogens (tertiary/aromatic N) is 3. The zero-order valence-corrected chi connectivity index (χ0v) is 20.5. The van der Waals surface area contributed by atoms with E-state index in [-0.39, 0.29) is 12.4 Å². The number of carbonyl (C=O) groups is 1. The Bertz CT molecular complexity index is 1400. The molecule has 3 aromatic carbocycles. The van der Waals surface area contributed by atoms with E-state index in [9.17, 15) is 18.7 Å². The minimum absolute atomic E-state index is 0.219. The fraction of sp³-hybridized carbons (Fsp3) is 0.214. The van der Waals surface area contributed by atoms with Gasteiger partial charge in [-0.05, 0) is 63.1 Å². The van der Waals surface area contributed by atoms with Gasteiger partial charge in [0.1, 0.15) is 11.4 Å². The SMILES string of the molecule is Cc1cc(F)ccc1CN(c1ccc(F)c(O)c1)c1cc(-c2ccccc2)n(C(=O)OC(C)(C)C)n1. The number of phenols is 1. The van der Waals surface area contributed by atoms with Gasteiger partial charge in [0.25, 0.3) is 0 Å². The van der Waals surface area contributed by atoms with Crippen LogP contribution >= 0.6 is 0 Å². The lowest BCUT2D eigenvalue weighted by atomic mass is 10.1. The summed E-state index contributed by atoms with van der Waals surface area (Å²) in [4.78, 5) is 14.8. The van der Waals surface area contributed by atoms with Crippen LogP contribution in [0, 0.1) is 18.6 Å². The molecule has 36 heavy (non-hydrogen) atoms. The summed E-state index contributed by atoms with van der Waals surface area (Å²) in [6, 6.07) is 19.3.